The number of hydrogen-bond acceptors (Lipinski definition) is 2. The van der Waals surface area contributed by atoms with Gasteiger partial charge in [0.05, 0.1) is 4.90 Å². The average Bonchev–Trinajstić information content (AvgIpc) is 2.48. The molecule has 0 aliphatic rings. The summed E-state index contributed by atoms with van der Waals surface area (Å²) in [6.07, 6.45) is 13.3. The number of hydrogen-bond donors (Lipinski definition) is 1. The largest absolute Gasteiger partial charge is 0.294 e. The molecule has 0 aliphatic carbocycles. The van der Waals surface area contributed by atoms with Crippen molar-refractivity contribution in [2.45, 2.75) is 89.9 Å². The number of benzene rings is 1. The fourth-order valence-electron chi connectivity index (χ4n) is 2.76. The number of aryl methyl sites for hydroxylation is 1. The van der Waals surface area contributed by atoms with Crippen molar-refractivity contribution in [3.05, 3.63) is 29.8 Å². The van der Waals surface area contributed by atoms with Crippen LogP contribution in [0.15, 0.2) is 29.2 Å². The minimum Gasteiger partial charge on any atom is -0.282 e. The van der Waals surface area contributed by atoms with Crippen molar-refractivity contribution in [3.8, 4) is 0 Å². The van der Waals surface area contributed by atoms with Crippen molar-refractivity contribution in [1.29, 1.82) is 0 Å². The van der Waals surface area contributed by atoms with Crippen molar-refractivity contribution in [2.75, 3.05) is 0 Å². The van der Waals surface area contributed by atoms with Gasteiger partial charge in [-0.05, 0) is 24.5 Å². The Hall–Kier alpha value is 0.130. The second-order valence-electron chi connectivity index (χ2n) is 6.01. The summed E-state index contributed by atoms with van der Waals surface area (Å²) in [7, 11) is -4.10. The molecule has 1 aromatic carbocycles. The molecule has 0 atom stereocenters. The van der Waals surface area contributed by atoms with Gasteiger partial charge in [0.15, 0.2) is 0 Å². The van der Waals surface area contributed by atoms with Crippen LogP contribution in [-0.4, -0.2) is 42.5 Å². The number of rotatable bonds is 12. The maximum absolute atomic E-state index is 11.3. The molecule has 135 valence electrons. The van der Waals surface area contributed by atoms with Crippen molar-refractivity contribution >= 4 is 39.7 Å². The molecule has 5 heteroatoms. The van der Waals surface area contributed by atoms with Gasteiger partial charge in [-0.3, -0.25) is 4.55 Å². The Morgan fingerprint density at radius 3 is 1.79 bits per heavy atom. The topological polar surface area (TPSA) is 54.4 Å². The first-order valence-electron chi connectivity index (χ1n) is 8.61. The molecule has 0 fully saturated rings. The fraction of sp³-hybridized carbons (Fsp3) is 0.684. The molecule has 0 spiro atoms. The predicted octanol–water partition coefficient (Wildman–Crippen LogP) is 5.65. The van der Waals surface area contributed by atoms with Gasteiger partial charge in [-0.2, -0.15) is 8.42 Å². The van der Waals surface area contributed by atoms with E-state index in [-0.39, 0.29) is 41.9 Å². The first-order chi connectivity index (χ1) is 10.6. The van der Waals surface area contributed by atoms with Crippen LogP contribution in [0.2, 0.25) is 0 Å². The Labute approximate surface area is 171 Å². The van der Waals surface area contributed by atoms with Gasteiger partial charge < -0.3 is 0 Å². The summed E-state index contributed by atoms with van der Waals surface area (Å²) in [5.41, 5.74) is 0.726. The smallest absolute Gasteiger partial charge is 0.282 e. The summed E-state index contributed by atoms with van der Waals surface area (Å²) < 4.78 is 31.8. The third kappa shape index (κ3) is 11.6. The molecule has 0 heterocycles. The summed E-state index contributed by atoms with van der Waals surface area (Å²) in [5, 5.41) is 0. The monoisotopic (exact) mass is 365 g/mol. The van der Waals surface area contributed by atoms with Gasteiger partial charge in [0.2, 0.25) is 0 Å². The average molecular weight is 366 g/mol. The molecule has 24 heavy (non-hydrogen) atoms. The van der Waals surface area contributed by atoms with Crippen molar-refractivity contribution in [3.63, 3.8) is 0 Å². The van der Waals surface area contributed by atoms with E-state index in [1.807, 2.05) is 6.07 Å². The van der Waals surface area contributed by atoms with E-state index in [2.05, 4.69) is 6.92 Å². The quantitative estimate of drug-likeness (QED) is 0.296. The van der Waals surface area contributed by atoms with Gasteiger partial charge in [-0.25, -0.2) is 0 Å². The van der Waals surface area contributed by atoms with Crippen molar-refractivity contribution < 1.29 is 13.0 Å². The van der Waals surface area contributed by atoms with Crippen LogP contribution in [0.3, 0.4) is 0 Å². The van der Waals surface area contributed by atoms with E-state index in [4.69, 9.17) is 0 Å². The van der Waals surface area contributed by atoms with E-state index in [0.29, 0.717) is 6.42 Å². The Balaban J connectivity index is 0. The molecule has 1 radical (unpaired) electrons. The normalized spacial score (nSPS) is 10.8. The Morgan fingerprint density at radius 1 is 0.833 bits per heavy atom. The fourth-order valence-corrected chi connectivity index (χ4v) is 3.52. The van der Waals surface area contributed by atoms with Crippen LogP contribution < -0.4 is 0 Å². The van der Waals surface area contributed by atoms with E-state index < -0.39 is 10.1 Å². The summed E-state index contributed by atoms with van der Waals surface area (Å²) in [5.74, 6) is 0. The SMILES string of the molecule is C.CCCCCCCCCCCCc1ccccc1S(=O)(=O)O.[Na]. The molecule has 0 unspecified atom stereocenters. The molecule has 0 saturated carbocycles. The molecule has 1 rings (SSSR count). The molecule has 1 N–H and O–H groups in total. The van der Waals surface area contributed by atoms with E-state index in [1.54, 1.807) is 12.1 Å². The van der Waals surface area contributed by atoms with Crippen LogP contribution in [0.4, 0.5) is 0 Å². The van der Waals surface area contributed by atoms with Gasteiger partial charge in [0.1, 0.15) is 0 Å². The third-order valence-electron chi connectivity index (χ3n) is 4.05. The van der Waals surface area contributed by atoms with Crippen LogP contribution in [-0.2, 0) is 16.5 Å². The molecule has 0 aliphatic heterocycles. The van der Waals surface area contributed by atoms with Crippen LogP contribution in [0.1, 0.15) is 84.1 Å². The summed E-state index contributed by atoms with van der Waals surface area (Å²) in [4.78, 5) is 0.0610. The summed E-state index contributed by atoms with van der Waals surface area (Å²) >= 11 is 0. The van der Waals surface area contributed by atoms with E-state index in [0.717, 1.165) is 18.4 Å². The van der Waals surface area contributed by atoms with Crippen LogP contribution in [0.25, 0.3) is 0 Å². The second-order valence-corrected chi connectivity index (χ2v) is 7.40. The molecule has 3 nitrogen and oxygen atoms in total. The first-order valence-corrected chi connectivity index (χ1v) is 10.0. The molecular weight excluding hydrogens is 331 g/mol. The van der Waals surface area contributed by atoms with Gasteiger partial charge >= 0.3 is 0 Å². The summed E-state index contributed by atoms with van der Waals surface area (Å²) in [6, 6.07) is 6.73. The van der Waals surface area contributed by atoms with E-state index in [9.17, 15) is 13.0 Å². The molecular formula is C19H34NaO3S. The Morgan fingerprint density at radius 2 is 1.29 bits per heavy atom. The number of unbranched alkanes of at least 4 members (excludes halogenated alkanes) is 9. The van der Waals surface area contributed by atoms with E-state index in [1.165, 1.54) is 57.4 Å². The minimum absolute atomic E-state index is 0. The molecule has 1 aromatic rings. The zero-order valence-electron chi connectivity index (χ0n) is 14.8. The van der Waals surface area contributed by atoms with Crippen molar-refractivity contribution in [1.82, 2.24) is 0 Å². The first kappa shape index (κ1) is 26.4. The Kier molecular flexibility index (Phi) is 16.9. The molecule has 0 bridgehead atoms. The molecule has 0 aromatic heterocycles. The summed E-state index contributed by atoms with van der Waals surface area (Å²) in [6.45, 7) is 2.24. The predicted molar refractivity (Wildman–Crippen MR) is 104 cm³/mol. The molecule has 0 amide bonds. The van der Waals surface area contributed by atoms with Crippen LogP contribution >= 0.6 is 0 Å². The van der Waals surface area contributed by atoms with E-state index >= 15 is 0 Å². The second kappa shape index (κ2) is 15.4. The maximum atomic E-state index is 11.3. The van der Waals surface area contributed by atoms with Crippen molar-refractivity contribution in [2.24, 2.45) is 0 Å². The minimum atomic E-state index is -4.10. The third-order valence-corrected chi connectivity index (χ3v) is 5.00. The van der Waals surface area contributed by atoms with Gasteiger partial charge in [-0.1, -0.05) is 90.3 Å². The standard InChI is InChI=1S/C18H30O3S.CH4.Na/c1-2-3-4-5-6-7-8-9-10-11-14-17-15-12-13-16-18(17)22(19,20)21;;/h12-13,15-16H,2-11,14H2,1H3,(H,19,20,21);1H4;. The van der Waals surface area contributed by atoms with Gasteiger partial charge in [0, 0.05) is 29.6 Å². The van der Waals surface area contributed by atoms with Crippen LogP contribution in [0.5, 0.6) is 0 Å². The zero-order valence-corrected chi connectivity index (χ0v) is 17.6. The van der Waals surface area contributed by atoms with Gasteiger partial charge in [0.25, 0.3) is 10.1 Å². The zero-order chi connectivity index (χ0) is 16.3. The van der Waals surface area contributed by atoms with Gasteiger partial charge in [-0.15, -0.1) is 0 Å². The maximum Gasteiger partial charge on any atom is 0.294 e. The molecule has 0 saturated heterocycles. The van der Waals surface area contributed by atoms with Crippen LogP contribution in [0, 0.1) is 0 Å². The Bertz CT molecular complexity index is 515.